The molecule has 0 amide bonds. The summed E-state index contributed by atoms with van der Waals surface area (Å²) in [6.07, 6.45) is 0.714. The standard InChI is InChI=1S/C18H16N6O3S/c1-9-11(3)28-17-14(9)16(25)20-15(21-17)10(2)27-18(26)12-5-4-6-13(7-12)24-8-19-22-23-24/h4-8,10H,1-3H3,(H,20,21,25). The fourth-order valence-corrected chi connectivity index (χ4v) is 3.84. The summed E-state index contributed by atoms with van der Waals surface area (Å²) in [4.78, 5) is 33.9. The van der Waals surface area contributed by atoms with E-state index in [1.165, 1.54) is 22.3 Å². The van der Waals surface area contributed by atoms with Crippen LogP contribution in [0.4, 0.5) is 0 Å². The second-order valence-corrected chi connectivity index (χ2v) is 7.47. The van der Waals surface area contributed by atoms with E-state index in [-0.39, 0.29) is 5.56 Å². The molecule has 142 valence electrons. The molecule has 0 aliphatic rings. The largest absolute Gasteiger partial charge is 0.451 e. The summed E-state index contributed by atoms with van der Waals surface area (Å²) in [5.74, 6) is -0.229. The van der Waals surface area contributed by atoms with Gasteiger partial charge in [-0.15, -0.1) is 16.4 Å². The van der Waals surface area contributed by atoms with Crippen molar-refractivity contribution in [3.05, 3.63) is 62.8 Å². The molecule has 1 N–H and O–H groups in total. The average Bonchev–Trinajstić information content (AvgIpc) is 3.31. The number of esters is 1. The molecule has 1 atom stereocenters. The van der Waals surface area contributed by atoms with E-state index in [0.29, 0.717) is 27.3 Å². The molecule has 10 heteroatoms. The van der Waals surface area contributed by atoms with Gasteiger partial charge in [-0.25, -0.2) is 14.5 Å². The predicted octanol–water partition coefficient (Wildman–Crippen LogP) is 2.50. The first-order chi connectivity index (χ1) is 13.4. The lowest BCUT2D eigenvalue weighted by atomic mass is 10.2. The Morgan fingerprint density at radius 3 is 2.89 bits per heavy atom. The van der Waals surface area contributed by atoms with Crippen LogP contribution in [0, 0.1) is 13.8 Å². The third kappa shape index (κ3) is 3.18. The number of carbonyl (C=O) groups is 1. The number of nitrogens with zero attached hydrogens (tertiary/aromatic N) is 5. The highest BCUT2D eigenvalue weighted by molar-refractivity contribution is 7.18. The van der Waals surface area contributed by atoms with E-state index in [2.05, 4.69) is 25.5 Å². The van der Waals surface area contributed by atoms with Crippen molar-refractivity contribution >= 4 is 27.5 Å². The Balaban J connectivity index is 1.59. The minimum absolute atomic E-state index is 0.231. The predicted molar refractivity (Wildman–Crippen MR) is 103 cm³/mol. The van der Waals surface area contributed by atoms with E-state index < -0.39 is 12.1 Å². The minimum atomic E-state index is -0.719. The molecule has 1 unspecified atom stereocenters. The average molecular weight is 396 g/mol. The summed E-state index contributed by atoms with van der Waals surface area (Å²) in [6, 6.07) is 6.73. The quantitative estimate of drug-likeness (QED) is 0.527. The number of ether oxygens (including phenoxy) is 1. The molecule has 0 radical (unpaired) electrons. The molecule has 0 saturated carbocycles. The minimum Gasteiger partial charge on any atom is -0.451 e. The molecule has 28 heavy (non-hydrogen) atoms. The Bertz CT molecular complexity index is 1230. The van der Waals surface area contributed by atoms with Crippen LogP contribution >= 0.6 is 11.3 Å². The number of aromatic nitrogens is 6. The topological polar surface area (TPSA) is 116 Å². The van der Waals surface area contributed by atoms with Crippen LogP contribution in [0.2, 0.25) is 0 Å². The number of rotatable bonds is 4. The highest BCUT2D eigenvalue weighted by atomic mass is 32.1. The van der Waals surface area contributed by atoms with Gasteiger partial charge in [0.1, 0.15) is 11.2 Å². The van der Waals surface area contributed by atoms with Gasteiger partial charge in [0, 0.05) is 4.88 Å². The van der Waals surface area contributed by atoms with Crippen molar-refractivity contribution in [1.29, 1.82) is 0 Å². The number of aromatic amines is 1. The third-order valence-corrected chi connectivity index (χ3v) is 5.52. The van der Waals surface area contributed by atoms with Crippen molar-refractivity contribution in [2.24, 2.45) is 0 Å². The zero-order valence-corrected chi connectivity index (χ0v) is 16.1. The van der Waals surface area contributed by atoms with Gasteiger partial charge in [-0.2, -0.15) is 0 Å². The van der Waals surface area contributed by atoms with E-state index >= 15 is 0 Å². The van der Waals surface area contributed by atoms with Gasteiger partial charge in [0.2, 0.25) is 0 Å². The smallest absolute Gasteiger partial charge is 0.338 e. The number of aryl methyl sites for hydroxylation is 2. The maximum absolute atomic E-state index is 12.6. The Labute approximate surface area is 163 Å². The van der Waals surface area contributed by atoms with Gasteiger partial charge in [0.15, 0.2) is 11.9 Å². The van der Waals surface area contributed by atoms with Crippen molar-refractivity contribution in [1.82, 2.24) is 30.2 Å². The summed E-state index contributed by atoms with van der Waals surface area (Å²) in [5, 5.41) is 11.5. The molecule has 0 aliphatic carbocycles. The number of tetrazole rings is 1. The summed E-state index contributed by atoms with van der Waals surface area (Å²) in [6.45, 7) is 5.51. The molecule has 0 fully saturated rings. The SMILES string of the molecule is Cc1sc2nc(C(C)OC(=O)c3cccc(-n4cnnn4)c3)[nH]c(=O)c2c1C. The van der Waals surface area contributed by atoms with Crippen LogP contribution in [0.15, 0.2) is 35.4 Å². The molecule has 0 saturated heterocycles. The van der Waals surface area contributed by atoms with Crippen LogP contribution in [0.3, 0.4) is 0 Å². The number of H-pyrrole nitrogens is 1. The van der Waals surface area contributed by atoms with Crippen LogP contribution in [0.1, 0.15) is 39.7 Å². The van der Waals surface area contributed by atoms with Gasteiger partial charge >= 0.3 is 5.97 Å². The number of fused-ring (bicyclic) bond motifs is 1. The molecule has 9 nitrogen and oxygen atoms in total. The molecule has 4 rings (SSSR count). The first-order valence-corrected chi connectivity index (χ1v) is 9.30. The van der Waals surface area contributed by atoms with Crippen LogP contribution in [-0.2, 0) is 4.74 Å². The zero-order chi connectivity index (χ0) is 19.8. The molecule has 0 bridgehead atoms. The summed E-state index contributed by atoms with van der Waals surface area (Å²) in [7, 11) is 0. The first-order valence-electron chi connectivity index (χ1n) is 8.48. The summed E-state index contributed by atoms with van der Waals surface area (Å²) >= 11 is 1.45. The number of carbonyl (C=O) groups excluding carboxylic acids is 1. The van der Waals surface area contributed by atoms with Crippen LogP contribution < -0.4 is 5.56 Å². The zero-order valence-electron chi connectivity index (χ0n) is 15.3. The van der Waals surface area contributed by atoms with E-state index in [9.17, 15) is 9.59 Å². The molecule has 0 aliphatic heterocycles. The molecule has 4 aromatic rings. The Kier molecular flexibility index (Phi) is 4.47. The van der Waals surface area contributed by atoms with E-state index in [1.807, 2.05) is 13.8 Å². The molecular formula is C18H16N6O3S. The molecule has 3 aromatic heterocycles. The van der Waals surface area contributed by atoms with Gasteiger partial charge in [-0.1, -0.05) is 6.07 Å². The number of thiophene rings is 1. The van der Waals surface area contributed by atoms with E-state index in [4.69, 9.17) is 4.74 Å². The Hall–Kier alpha value is -3.40. The monoisotopic (exact) mass is 396 g/mol. The molecular weight excluding hydrogens is 380 g/mol. The lowest BCUT2D eigenvalue weighted by Crippen LogP contribution is -2.17. The lowest BCUT2D eigenvalue weighted by molar-refractivity contribution is 0.0320. The van der Waals surface area contributed by atoms with Crippen molar-refractivity contribution in [2.75, 3.05) is 0 Å². The number of hydrogen-bond acceptors (Lipinski definition) is 8. The Morgan fingerprint density at radius 2 is 2.14 bits per heavy atom. The van der Waals surface area contributed by atoms with Crippen molar-refractivity contribution in [3.63, 3.8) is 0 Å². The van der Waals surface area contributed by atoms with Gasteiger partial charge < -0.3 is 9.72 Å². The van der Waals surface area contributed by atoms with Gasteiger partial charge in [0.05, 0.1) is 16.6 Å². The highest BCUT2D eigenvalue weighted by Crippen LogP contribution is 2.27. The van der Waals surface area contributed by atoms with Crippen molar-refractivity contribution in [3.8, 4) is 5.69 Å². The normalized spacial score (nSPS) is 12.2. The molecule has 0 spiro atoms. The van der Waals surface area contributed by atoms with Crippen LogP contribution in [0.5, 0.6) is 0 Å². The number of nitrogens with one attached hydrogen (secondary N) is 1. The number of hydrogen-bond donors (Lipinski definition) is 1. The lowest BCUT2D eigenvalue weighted by Gasteiger charge is -2.13. The van der Waals surface area contributed by atoms with Crippen molar-refractivity contribution in [2.45, 2.75) is 26.9 Å². The summed E-state index contributed by atoms with van der Waals surface area (Å²) in [5.41, 5.74) is 1.66. The highest BCUT2D eigenvalue weighted by Gasteiger charge is 2.19. The Morgan fingerprint density at radius 1 is 1.32 bits per heavy atom. The fourth-order valence-electron chi connectivity index (χ4n) is 2.80. The molecule has 3 heterocycles. The van der Waals surface area contributed by atoms with Crippen LogP contribution in [-0.4, -0.2) is 36.1 Å². The fraction of sp³-hybridized carbons (Fsp3) is 0.222. The summed E-state index contributed by atoms with van der Waals surface area (Å²) < 4.78 is 6.95. The molecule has 1 aromatic carbocycles. The van der Waals surface area contributed by atoms with Crippen LogP contribution in [0.25, 0.3) is 15.9 Å². The van der Waals surface area contributed by atoms with E-state index in [0.717, 1.165) is 10.4 Å². The third-order valence-electron chi connectivity index (χ3n) is 4.42. The van der Waals surface area contributed by atoms with Gasteiger partial charge in [-0.05, 0) is 55.0 Å². The maximum Gasteiger partial charge on any atom is 0.338 e. The van der Waals surface area contributed by atoms with E-state index in [1.54, 1.807) is 31.2 Å². The van der Waals surface area contributed by atoms with Gasteiger partial charge in [0.25, 0.3) is 5.56 Å². The van der Waals surface area contributed by atoms with Gasteiger partial charge in [-0.3, -0.25) is 4.79 Å². The maximum atomic E-state index is 12.6. The number of benzene rings is 1. The second kappa shape index (κ2) is 6.97. The first kappa shape index (κ1) is 18.0. The van der Waals surface area contributed by atoms with Crippen molar-refractivity contribution < 1.29 is 9.53 Å². The second-order valence-electron chi connectivity index (χ2n) is 6.27.